The number of hydrogen-bond acceptors (Lipinski definition) is 7. The van der Waals surface area contributed by atoms with Crippen molar-refractivity contribution in [2.45, 2.75) is 6.54 Å². The Balaban J connectivity index is 1.57. The molecule has 26 heavy (non-hydrogen) atoms. The second-order valence-corrected chi connectivity index (χ2v) is 7.44. The number of rotatable bonds is 5. The molecule has 138 valence electrons. The van der Waals surface area contributed by atoms with E-state index < -0.39 is 22.1 Å². The van der Waals surface area contributed by atoms with Gasteiger partial charge in [-0.3, -0.25) is 4.98 Å². The molecule has 0 saturated carbocycles. The lowest BCUT2D eigenvalue weighted by molar-refractivity contribution is 0.193. The van der Waals surface area contributed by atoms with Gasteiger partial charge in [0.1, 0.15) is 5.69 Å². The summed E-state index contributed by atoms with van der Waals surface area (Å²) >= 11 is 0. The van der Waals surface area contributed by atoms with Crippen LogP contribution in [0.1, 0.15) is 0 Å². The minimum Gasteiger partial charge on any atom is -0.336 e. The number of hydrogen-bond donors (Lipinski definition) is 1. The lowest BCUT2D eigenvalue weighted by Gasteiger charge is -2.16. The number of imidazole rings is 1. The number of aromatic nitrogens is 4. The highest BCUT2D eigenvalue weighted by Gasteiger charge is 2.37. The fraction of sp³-hybridized carbons (Fsp3) is 0.357. The Bertz CT molecular complexity index is 912. The molecular weight excluding hydrogens is 362 g/mol. The van der Waals surface area contributed by atoms with Gasteiger partial charge in [-0.15, -0.1) is 0 Å². The highest BCUT2D eigenvalue weighted by molar-refractivity contribution is 7.88. The summed E-state index contributed by atoms with van der Waals surface area (Å²) < 4.78 is 25.4. The molecule has 0 bridgehead atoms. The van der Waals surface area contributed by atoms with Gasteiger partial charge in [-0.25, -0.2) is 37.2 Å². The molecule has 0 aliphatic carbocycles. The van der Waals surface area contributed by atoms with E-state index in [0.717, 1.165) is 11.2 Å². The third-order valence-corrected chi connectivity index (χ3v) is 4.89. The summed E-state index contributed by atoms with van der Waals surface area (Å²) in [6.07, 6.45) is 8.98. The largest absolute Gasteiger partial charge is 0.341 e. The van der Waals surface area contributed by atoms with E-state index >= 15 is 0 Å². The maximum atomic E-state index is 12.1. The Morgan fingerprint density at radius 2 is 2.04 bits per heavy atom. The molecule has 0 spiro atoms. The first-order valence-corrected chi connectivity index (χ1v) is 9.57. The van der Waals surface area contributed by atoms with E-state index in [2.05, 4.69) is 20.3 Å². The van der Waals surface area contributed by atoms with Crippen LogP contribution >= 0.6 is 0 Å². The Hall–Kier alpha value is -3.02. The first-order chi connectivity index (χ1) is 12.4. The van der Waals surface area contributed by atoms with E-state index in [-0.39, 0.29) is 19.6 Å². The first-order valence-electron chi connectivity index (χ1n) is 7.72. The molecule has 12 heteroatoms. The summed E-state index contributed by atoms with van der Waals surface area (Å²) in [5.41, 5.74) is 0.599. The fourth-order valence-electron chi connectivity index (χ4n) is 2.53. The van der Waals surface area contributed by atoms with Gasteiger partial charge in [0, 0.05) is 37.9 Å². The van der Waals surface area contributed by atoms with Crippen LogP contribution in [0.25, 0.3) is 11.5 Å². The average molecular weight is 379 g/mol. The predicted molar refractivity (Wildman–Crippen MR) is 90.3 cm³/mol. The van der Waals surface area contributed by atoms with E-state index in [9.17, 15) is 18.0 Å². The SMILES string of the molecule is CS(=O)(=O)N1CCN(C(=O)NCCn2ccnc2-c2cnccn2)C1=O. The standard InChI is InChI=1S/C14H17N7O4S/c1-26(24,25)21-9-8-20(14(21)23)13(22)18-5-7-19-6-4-17-12(19)11-10-15-2-3-16-11/h2-4,6,10H,5,7-9H2,1H3,(H,18,22). The van der Waals surface area contributed by atoms with Crippen molar-refractivity contribution in [3.05, 3.63) is 31.0 Å². The predicted octanol–water partition coefficient (Wildman–Crippen LogP) is -0.253. The number of amides is 4. The molecule has 11 nitrogen and oxygen atoms in total. The van der Waals surface area contributed by atoms with Crippen LogP contribution in [0.15, 0.2) is 31.0 Å². The van der Waals surface area contributed by atoms with Gasteiger partial charge in [-0.05, 0) is 0 Å². The molecule has 3 rings (SSSR count). The summed E-state index contributed by atoms with van der Waals surface area (Å²) in [6.45, 7) is 0.609. The van der Waals surface area contributed by atoms with Crippen molar-refractivity contribution in [1.82, 2.24) is 34.0 Å². The summed E-state index contributed by atoms with van der Waals surface area (Å²) in [5, 5.41) is 2.60. The minimum absolute atomic E-state index is 0.0215. The highest BCUT2D eigenvalue weighted by atomic mass is 32.2. The summed E-state index contributed by atoms with van der Waals surface area (Å²) in [7, 11) is -3.67. The van der Waals surface area contributed by atoms with Crippen LogP contribution < -0.4 is 5.32 Å². The number of carbonyl (C=O) groups excluding carboxylic acids is 2. The van der Waals surface area contributed by atoms with Crippen LogP contribution in [-0.2, 0) is 16.6 Å². The molecule has 0 radical (unpaired) electrons. The van der Waals surface area contributed by atoms with Gasteiger partial charge >= 0.3 is 12.1 Å². The van der Waals surface area contributed by atoms with Gasteiger partial charge in [0.25, 0.3) is 0 Å². The Morgan fingerprint density at radius 1 is 1.23 bits per heavy atom. The Labute approximate surface area is 149 Å². The second kappa shape index (κ2) is 7.07. The van der Waals surface area contributed by atoms with Crippen molar-refractivity contribution >= 4 is 22.1 Å². The van der Waals surface area contributed by atoms with Gasteiger partial charge in [0.15, 0.2) is 5.82 Å². The lowest BCUT2D eigenvalue weighted by atomic mass is 10.4. The van der Waals surface area contributed by atoms with Crippen LogP contribution in [0, 0.1) is 0 Å². The van der Waals surface area contributed by atoms with Crippen LogP contribution in [-0.4, -0.2) is 75.1 Å². The molecule has 0 aromatic carbocycles. The molecule has 3 heterocycles. The van der Waals surface area contributed by atoms with E-state index in [1.165, 1.54) is 0 Å². The summed E-state index contributed by atoms with van der Waals surface area (Å²) in [4.78, 5) is 37.4. The fourth-order valence-corrected chi connectivity index (χ4v) is 3.32. The van der Waals surface area contributed by atoms with E-state index in [4.69, 9.17) is 0 Å². The third-order valence-electron chi connectivity index (χ3n) is 3.75. The van der Waals surface area contributed by atoms with E-state index in [1.54, 1.807) is 35.6 Å². The topological polar surface area (TPSA) is 130 Å². The Morgan fingerprint density at radius 3 is 2.69 bits per heavy atom. The minimum atomic E-state index is -3.67. The van der Waals surface area contributed by atoms with Crippen LogP contribution in [0.5, 0.6) is 0 Å². The van der Waals surface area contributed by atoms with E-state index in [0.29, 0.717) is 22.4 Å². The van der Waals surface area contributed by atoms with Crippen LogP contribution in [0.3, 0.4) is 0 Å². The molecule has 1 aliphatic heterocycles. The van der Waals surface area contributed by atoms with Crippen LogP contribution in [0.4, 0.5) is 9.59 Å². The van der Waals surface area contributed by atoms with Crippen molar-refractivity contribution in [1.29, 1.82) is 0 Å². The van der Waals surface area contributed by atoms with Gasteiger partial charge in [-0.1, -0.05) is 0 Å². The molecule has 2 aromatic heterocycles. The zero-order chi connectivity index (χ0) is 18.7. The summed E-state index contributed by atoms with van der Waals surface area (Å²) in [6, 6.07) is -1.48. The summed E-state index contributed by atoms with van der Waals surface area (Å²) in [5.74, 6) is 0.604. The zero-order valence-electron chi connectivity index (χ0n) is 13.9. The molecular formula is C14H17N7O4S. The van der Waals surface area contributed by atoms with Gasteiger partial charge in [-0.2, -0.15) is 0 Å². The number of nitrogens with one attached hydrogen (secondary N) is 1. The molecule has 1 N–H and O–H groups in total. The molecule has 1 saturated heterocycles. The zero-order valence-corrected chi connectivity index (χ0v) is 14.8. The van der Waals surface area contributed by atoms with Crippen molar-refractivity contribution < 1.29 is 18.0 Å². The normalized spacial score (nSPS) is 14.7. The first kappa shape index (κ1) is 17.8. The number of sulfonamides is 1. The maximum absolute atomic E-state index is 12.1. The third kappa shape index (κ3) is 3.64. The molecule has 2 aromatic rings. The number of urea groups is 2. The van der Waals surface area contributed by atoms with E-state index in [1.807, 2.05) is 0 Å². The monoisotopic (exact) mass is 379 g/mol. The van der Waals surface area contributed by atoms with Crippen molar-refractivity contribution in [2.24, 2.45) is 0 Å². The van der Waals surface area contributed by atoms with Crippen molar-refractivity contribution in [3.63, 3.8) is 0 Å². The number of imide groups is 1. The van der Waals surface area contributed by atoms with Gasteiger partial charge < -0.3 is 9.88 Å². The van der Waals surface area contributed by atoms with Gasteiger partial charge in [0.2, 0.25) is 10.0 Å². The number of nitrogens with zero attached hydrogens (tertiary/aromatic N) is 6. The van der Waals surface area contributed by atoms with Crippen LogP contribution in [0.2, 0.25) is 0 Å². The molecule has 0 unspecified atom stereocenters. The van der Waals surface area contributed by atoms with Crippen molar-refractivity contribution in [2.75, 3.05) is 25.9 Å². The maximum Gasteiger partial charge on any atom is 0.341 e. The highest BCUT2D eigenvalue weighted by Crippen LogP contribution is 2.14. The molecule has 1 fully saturated rings. The molecule has 0 atom stereocenters. The number of carbonyl (C=O) groups is 2. The molecule has 4 amide bonds. The smallest absolute Gasteiger partial charge is 0.336 e. The van der Waals surface area contributed by atoms with Gasteiger partial charge in [0.05, 0.1) is 25.5 Å². The van der Waals surface area contributed by atoms with Crippen molar-refractivity contribution in [3.8, 4) is 11.5 Å². The quantitative estimate of drug-likeness (QED) is 0.758. The second-order valence-electron chi connectivity index (χ2n) is 5.54. The Kier molecular flexibility index (Phi) is 4.84. The molecule has 1 aliphatic rings. The lowest BCUT2D eigenvalue weighted by Crippen LogP contribution is -2.44. The average Bonchev–Trinajstić information content (AvgIpc) is 3.21.